The number of carboxylic acids is 1. The van der Waals surface area contributed by atoms with Crippen molar-refractivity contribution in [2.45, 2.75) is 25.4 Å². The van der Waals surface area contributed by atoms with E-state index < -0.39 is 29.2 Å². The fourth-order valence-electron chi connectivity index (χ4n) is 1.27. The summed E-state index contributed by atoms with van der Waals surface area (Å²) in [5, 5.41) is 19.9. The van der Waals surface area contributed by atoms with E-state index in [0.717, 1.165) is 13.8 Å². The molecule has 0 saturated heterocycles. The minimum atomic E-state index is -4.37. The molecule has 0 amide bonds. The lowest BCUT2D eigenvalue weighted by Gasteiger charge is -2.33. The third-order valence-corrected chi connectivity index (χ3v) is 3.21. The molecule has 0 bridgehead atoms. The number of carboxylic acid groups (broad SMARTS) is 1. The van der Waals surface area contributed by atoms with Crippen LogP contribution in [0.1, 0.15) is 24.2 Å². The summed E-state index contributed by atoms with van der Waals surface area (Å²) >= 11 is 1.88. The Hall–Kier alpha value is -1.45. The average molecular weight is 399 g/mol. The first kappa shape index (κ1) is 16.6. The van der Waals surface area contributed by atoms with Crippen LogP contribution in [0.5, 0.6) is 5.75 Å². The summed E-state index contributed by atoms with van der Waals surface area (Å²) < 4.78 is 31.8. The number of halogens is 3. The first-order valence-corrected chi connectivity index (χ1v) is 6.38. The van der Waals surface area contributed by atoms with Crippen molar-refractivity contribution in [3.05, 3.63) is 27.3 Å². The lowest BCUT2D eigenvalue weighted by Crippen LogP contribution is -2.57. The van der Waals surface area contributed by atoms with Crippen LogP contribution in [0.25, 0.3) is 0 Å². The van der Waals surface area contributed by atoms with E-state index in [9.17, 15) is 28.6 Å². The average Bonchev–Trinajstić information content (AvgIpc) is 2.27. The molecule has 0 spiro atoms. The van der Waals surface area contributed by atoms with Crippen molar-refractivity contribution < 1.29 is 33.3 Å². The van der Waals surface area contributed by atoms with E-state index in [4.69, 9.17) is 0 Å². The van der Waals surface area contributed by atoms with Crippen LogP contribution in [0.4, 0.5) is 8.78 Å². The number of phenols is 1. The molecular weight excluding hydrogens is 389 g/mol. The number of carbonyl (C=O) groups excluding carboxylic acids is 2. The highest BCUT2D eigenvalue weighted by Crippen LogP contribution is 2.33. The highest BCUT2D eigenvalue weighted by atomic mass is 127. The number of aromatic hydroxyl groups is 1. The van der Waals surface area contributed by atoms with Crippen LogP contribution in [-0.4, -0.2) is 28.6 Å². The molecule has 0 unspecified atom stereocenters. The number of benzene rings is 1. The van der Waals surface area contributed by atoms with Crippen molar-refractivity contribution in [1.82, 2.24) is 0 Å². The lowest BCUT2D eigenvalue weighted by molar-refractivity contribution is -0.341. The van der Waals surface area contributed by atoms with E-state index in [1.165, 1.54) is 18.2 Å². The van der Waals surface area contributed by atoms with Gasteiger partial charge in [0.1, 0.15) is 17.3 Å². The zero-order chi connectivity index (χ0) is 15.7. The van der Waals surface area contributed by atoms with E-state index in [2.05, 4.69) is 4.74 Å². The van der Waals surface area contributed by atoms with Crippen LogP contribution >= 0.6 is 22.6 Å². The maximum Gasteiger partial charge on any atom is 0.342 e. The van der Waals surface area contributed by atoms with Gasteiger partial charge in [-0.05, 0) is 54.6 Å². The minimum Gasteiger partial charge on any atom is -0.544 e. The number of hydrogen-bond acceptors (Lipinski definition) is 5. The van der Waals surface area contributed by atoms with Crippen molar-refractivity contribution in [2.24, 2.45) is 0 Å². The molecule has 0 saturated carbocycles. The van der Waals surface area contributed by atoms with Crippen LogP contribution < -0.4 is 5.11 Å². The number of carbonyl (C=O) groups is 2. The van der Waals surface area contributed by atoms with E-state index in [1.54, 1.807) is 0 Å². The molecular formula is C12H10F2IO5-. The van der Waals surface area contributed by atoms with Crippen molar-refractivity contribution in [2.75, 3.05) is 0 Å². The van der Waals surface area contributed by atoms with Crippen molar-refractivity contribution in [1.29, 1.82) is 0 Å². The van der Waals surface area contributed by atoms with Gasteiger partial charge in [-0.15, -0.1) is 0 Å². The molecule has 0 aliphatic rings. The number of aliphatic carboxylic acids is 1. The van der Waals surface area contributed by atoms with Crippen LogP contribution in [0.2, 0.25) is 0 Å². The molecule has 0 fully saturated rings. The van der Waals surface area contributed by atoms with Gasteiger partial charge < -0.3 is 19.7 Å². The first-order valence-electron chi connectivity index (χ1n) is 5.30. The van der Waals surface area contributed by atoms with Gasteiger partial charge >= 0.3 is 11.9 Å². The first-order chi connectivity index (χ1) is 8.99. The molecule has 0 heterocycles. The lowest BCUT2D eigenvalue weighted by atomic mass is 10.0. The van der Waals surface area contributed by atoms with Gasteiger partial charge in [-0.25, -0.2) is 4.79 Å². The SMILES string of the molecule is CC(C)(OC(=O)c1ccc(I)cc1O)C(F)(F)C(=O)[O-]. The number of hydrogen-bond donors (Lipinski definition) is 1. The van der Waals surface area contributed by atoms with Gasteiger partial charge in [0.15, 0.2) is 5.60 Å². The number of esters is 1. The quantitative estimate of drug-likeness (QED) is 0.610. The van der Waals surface area contributed by atoms with Crippen LogP contribution in [0, 0.1) is 3.57 Å². The van der Waals surface area contributed by atoms with Gasteiger partial charge in [-0.2, -0.15) is 8.78 Å². The maximum absolute atomic E-state index is 13.4. The summed E-state index contributed by atoms with van der Waals surface area (Å²) in [7, 11) is 0. The summed E-state index contributed by atoms with van der Waals surface area (Å²) in [6.45, 7) is 1.48. The molecule has 1 N–H and O–H groups in total. The second kappa shape index (κ2) is 5.51. The molecule has 0 aromatic heterocycles. The molecule has 1 aromatic rings. The van der Waals surface area contributed by atoms with Gasteiger partial charge in [-0.1, -0.05) is 0 Å². The van der Waals surface area contributed by atoms with Gasteiger partial charge in [0.05, 0.1) is 0 Å². The second-order valence-corrected chi connectivity index (χ2v) is 5.67. The smallest absolute Gasteiger partial charge is 0.342 e. The number of ether oxygens (including phenoxy) is 1. The number of rotatable bonds is 4. The highest BCUT2D eigenvalue weighted by molar-refractivity contribution is 14.1. The maximum atomic E-state index is 13.4. The van der Waals surface area contributed by atoms with Crippen molar-refractivity contribution in [3.63, 3.8) is 0 Å². The van der Waals surface area contributed by atoms with E-state index in [0.29, 0.717) is 3.57 Å². The van der Waals surface area contributed by atoms with Crippen LogP contribution in [-0.2, 0) is 9.53 Å². The highest BCUT2D eigenvalue weighted by Gasteiger charge is 2.51. The molecule has 5 nitrogen and oxygen atoms in total. The Kier molecular flexibility index (Phi) is 4.57. The summed E-state index contributed by atoms with van der Waals surface area (Å²) in [5.41, 5.74) is -2.97. The van der Waals surface area contributed by atoms with Crippen molar-refractivity contribution >= 4 is 34.5 Å². The molecule has 0 aliphatic carbocycles. The predicted octanol–water partition coefficient (Wildman–Crippen LogP) is 1.32. The number of alkyl halides is 2. The minimum absolute atomic E-state index is 0.340. The van der Waals surface area contributed by atoms with Gasteiger partial charge in [0.25, 0.3) is 0 Å². The van der Waals surface area contributed by atoms with Gasteiger partial charge in [0.2, 0.25) is 0 Å². The monoisotopic (exact) mass is 399 g/mol. The standard InChI is InChI=1S/C12H11F2IO5/c1-11(2,12(13,14)10(18)19)20-9(17)7-4-3-6(15)5-8(7)16/h3-5,16H,1-2H3,(H,18,19)/p-1. The van der Waals surface area contributed by atoms with E-state index >= 15 is 0 Å². The zero-order valence-corrected chi connectivity index (χ0v) is 12.6. The van der Waals surface area contributed by atoms with Gasteiger partial charge in [-0.3, -0.25) is 0 Å². The Morgan fingerprint density at radius 1 is 1.35 bits per heavy atom. The van der Waals surface area contributed by atoms with Gasteiger partial charge in [0, 0.05) is 3.57 Å². The molecule has 0 aliphatic heterocycles. The van der Waals surface area contributed by atoms with Crippen LogP contribution in [0.15, 0.2) is 18.2 Å². The molecule has 0 atom stereocenters. The molecule has 1 aromatic carbocycles. The van der Waals surface area contributed by atoms with Crippen molar-refractivity contribution in [3.8, 4) is 5.75 Å². The van der Waals surface area contributed by atoms with E-state index in [1.807, 2.05) is 22.6 Å². The molecule has 110 valence electrons. The molecule has 1 rings (SSSR count). The summed E-state index contributed by atoms with van der Waals surface area (Å²) in [6.07, 6.45) is 0. The number of phenolic OH excluding ortho intramolecular Hbond substituents is 1. The van der Waals surface area contributed by atoms with Crippen LogP contribution in [0.3, 0.4) is 0 Å². The fourth-order valence-corrected chi connectivity index (χ4v) is 1.75. The summed E-state index contributed by atoms with van der Waals surface area (Å²) in [4.78, 5) is 22.1. The molecule has 20 heavy (non-hydrogen) atoms. The summed E-state index contributed by atoms with van der Waals surface area (Å²) in [6, 6.07) is 3.88. The third-order valence-electron chi connectivity index (χ3n) is 2.54. The largest absolute Gasteiger partial charge is 0.544 e. The predicted molar refractivity (Wildman–Crippen MR) is 70.3 cm³/mol. The molecule has 8 heteroatoms. The fraction of sp³-hybridized carbons (Fsp3) is 0.333. The Balaban J connectivity index is 3.03. The zero-order valence-electron chi connectivity index (χ0n) is 10.4. The molecule has 0 radical (unpaired) electrons. The Morgan fingerprint density at radius 3 is 2.35 bits per heavy atom. The summed E-state index contributed by atoms with van der Waals surface area (Å²) in [5.74, 6) is -8.73. The third kappa shape index (κ3) is 3.17. The Morgan fingerprint density at radius 2 is 1.90 bits per heavy atom. The normalized spacial score (nSPS) is 12.1. The Labute approximate surface area is 126 Å². The Bertz CT molecular complexity index is 557. The van der Waals surface area contributed by atoms with E-state index in [-0.39, 0.29) is 5.56 Å². The topological polar surface area (TPSA) is 86.7 Å². The second-order valence-electron chi connectivity index (χ2n) is 4.42.